The van der Waals surface area contributed by atoms with E-state index in [4.69, 9.17) is 10.5 Å². The summed E-state index contributed by atoms with van der Waals surface area (Å²) in [5.41, 5.74) is 6.72. The Morgan fingerprint density at radius 2 is 1.84 bits per heavy atom. The fourth-order valence-electron chi connectivity index (χ4n) is 2.18. The summed E-state index contributed by atoms with van der Waals surface area (Å²) in [7, 11) is 0. The maximum Gasteiger partial charge on any atom is 0.408 e. The van der Waals surface area contributed by atoms with E-state index in [1.807, 2.05) is 12.1 Å². The first kappa shape index (κ1) is 21.4. The molecule has 0 radical (unpaired) electrons. The van der Waals surface area contributed by atoms with Gasteiger partial charge in [0.15, 0.2) is 5.78 Å². The number of Topliss-reactive ketones (excluding diaryl/α,β-unsaturated/α-hetero) is 1. The summed E-state index contributed by atoms with van der Waals surface area (Å²) in [4.78, 5) is 24.7. The predicted octanol–water partition coefficient (Wildman–Crippen LogP) is 3.81. The Morgan fingerprint density at radius 3 is 2.40 bits per heavy atom. The van der Waals surface area contributed by atoms with E-state index in [1.165, 1.54) is 0 Å². The number of benzene rings is 1. The number of ketones is 1. The van der Waals surface area contributed by atoms with Crippen LogP contribution >= 0.6 is 11.8 Å². The summed E-state index contributed by atoms with van der Waals surface area (Å²) in [6.45, 7) is 7.50. The van der Waals surface area contributed by atoms with E-state index in [0.29, 0.717) is 18.5 Å². The van der Waals surface area contributed by atoms with Crippen molar-refractivity contribution in [3.63, 3.8) is 0 Å². The Bertz CT molecular complexity index is 553. The number of anilines is 1. The topological polar surface area (TPSA) is 81.4 Å². The molecule has 140 valence electrons. The van der Waals surface area contributed by atoms with Gasteiger partial charge in [0.05, 0.1) is 6.04 Å². The highest BCUT2D eigenvalue weighted by Gasteiger charge is 2.24. The highest BCUT2D eigenvalue weighted by Crippen LogP contribution is 2.13. The highest BCUT2D eigenvalue weighted by atomic mass is 32.2. The molecule has 1 aromatic carbocycles. The molecular weight excluding hydrogens is 336 g/mol. The van der Waals surface area contributed by atoms with Crippen LogP contribution in [0.1, 0.15) is 46.1 Å². The molecule has 3 N–H and O–H groups in total. The van der Waals surface area contributed by atoms with Gasteiger partial charge in [-0.05, 0) is 57.1 Å². The molecule has 1 atom stereocenters. The molecule has 0 fully saturated rings. The molecule has 1 amide bonds. The number of rotatable bonds is 9. The highest BCUT2D eigenvalue weighted by molar-refractivity contribution is 7.99. The lowest BCUT2D eigenvalue weighted by atomic mass is 10.0. The molecule has 1 aromatic rings. The Morgan fingerprint density at radius 1 is 1.20 bits per heavy atom. The van der Waals surface area contributed by atoms with Gasteiger partial charge in [-0.15, -0.1) is 0 Å². The number of nitrogens with two attached hydrogens (primary N) is 1. The number of thioether (sulfide) groups is 1. The van der Waals surface area contributed by atoms with Crippen molar-refractivity contribution in [2.75, 3.05) is 17.2 Å². The zero-order valence-corrected chi connectivity index (χ0v) is 16.4. The molecule has 25 heavy (non-hydrogen) atoms. The Labute approximate surface area is 155 Å². The maximum absolute atomic E-state index is 12.6. The predicted molar refractivity (Wildman–Crippen MR) is 105 cm³/mol. The maximum atomic E-state index is 12.6. The average molecular weight is 367 g/mol. The molecule has 0 bridgehead atoms. The van der Waals surface area contributed by atoms with E-state index in [-0.39, 0.29) is 5.78 Å². The van der Waals surface area contributed by atoms with Gasteiger partial charge in [0.2, 0.25) is 0 Å². The molecule has 0 spiro atoms. The summed E-state index contributed by atoms with van der Waals surface area (Å²) in [6.07, 6.45) is 1.38. The second kappa shape index (κ2) is 10.3. The van der Waals surface area contributed by atoms with Crippen LogP contribution in [0.25, 0.3) is 0 Å². The number of carbonyl (C=O) groups is 2. The van der Waals surface area contributed by atoms with Crippen LogP contribution < -0.4 is 11.1 Å². The molecule has 0 aromatic heterocycles. The van der Waals surface area contributed by atoms with Crippen molar-refractivity contribution >= 4 is 29.3 Å². The zero-order chi connectivity index (χ0) is 18.9. The monoisotopic (exact) mass is 366 g/mol. The van der Waals surface area contributed by atoms with E-state index in [9.17, 15) is 9.59 Å². The number of nitrogen functional groups attached to an aromatic ring is 1. The van der Waals surface area contributed by atoms with Gasteiger partial charge in [0.25, 0.3) is 0 Å². The number of alkyl carbamates (subject to hydrolysis) is 1. The standard InChI is InChI=1S/C19H30N2O3S/c1-5-11-25-12-10-17(22)16(21-18(23)24-19(2,3)4)13-14-6-8-15(20)9-7-14/h6-9,16H,5,10-13,20H2,1-4H3,(H,21,23). The quantitative estimate of drug-likeness (QED) is 0.513. The van der Waals surface area contributed by atoms with Crippen LogP contribution in [0.15, 0.2) is 24.3 Å². The van der Waals surface area contributed by atoms with Crippen molar-refractivity contribution in [2.24, 2.45) is 0 Å². The third-order valence-corrected chi connectivity index (χ3v) is 4.53. The largest absolute Gasteiger partial charge is 0.444 e. The van der Waals surface area contributed by atoms with Crippen molar-refractivity contribution in [2.45, 2.75) is 58.6 Å². The van der Waals surface area contributed by atoms with Crippen LogP contribution in [0.4, 0.5) is 10.5 Å². The third-order valence-electron chi connectivity index (χ3n) is 3.34. The van der Waals surface area contributed by atoms with Gasteiger partial charge in [-0.25, -0.2) is 4.79 Å². The molecule has 5 nitrogen and oxygen atoms in total. The molecule has 0 saturated carbocycles. The molecule has 0 aliphatic rings. The van der Waals surface area contributed by atoms with Crippen molar-refractivity contribution in [3.8, 4) is 0 Å². The number of hydrogen-bond acceptors (Lipinski definition) is 5. The first-order valence-corrected chi connectivity index (χ1v) is 9.81. The first-order chi connectivity index (χ1) is 11.7. The Balaban J connectivity index is 2.72. The lowest BCUT2D eigenvalue weighted by Gasteiger charge is -2.23. The van der Waals surface area contributed by atoms with Gasteiger partial charge in [-0.3, -0.25) is 4.79 Å². The lowest BCUT2D eigenvalue weighted by molar-refractivity contribution is -0.120. The number of amides is 1. The normalized spacial score (nSPS) is 12.5. The Hall–Kier alpha value is -1.69. The molecule has 0 heterocycles. The lowest BCUT2D eigenvalue weighted by Crippen LogP contribution is -2.44. The van der Waals surface area contributed by atoms with Gasteiger partial charge < -0.3 is 15.8 Å². The molecular formula is C19H30N2O3S. The van der Waals surface area contributed by atoms with Gasteiger partial charge in [-0.1, -0.05) is 19.1 Å². The van der Waals surface area contributed by atoms with Crippen LogP contribution in [0.5, 0.6) is 0 Å². The first-order valence-electron chi connectivity index (χ1n) is 8.65. The molecule has 0 aliphatic heterocycles. The Kier molecular flexibility index (Phi) is 8.83. The number of carbonyl (C=O) groups excluding carboxylic acids is 2. The summed E-state index contributed by atoms with van der Waals surface area (Å²) in [5.74, 6) is 1.82. The smallest absolute Gasteiger partial charge is 0.408 e. The van der Waals surface area contributed by atoms with Gasteiger partial charge >= 0.3 is 6.09 Å². The van der Waals surface area contributed by atoms with Crippen LogP contribution in [-0.2, 0) is 16.0 Å². The average Bonchev–Trinajstić information content (AvgIpc) is 2.51. The minimum atomic E-state index is -0.601. The minimum absolute atomic E-state index is 0.0197. The summed E-state index contributed by atoms with van der Waals surface area (Å²) in [5, 5.41) is 2.73. The molecule has 0 aliphatic carbocycles. The van der Waals surface area contributed by atoms with Crippen molar-refractivity contribution in [3.05, 3.63) is 29.8 Å². The molecule has 6 heteroatoms. The number of ether oxygens (including phenoxy) is 1. The second-order valence-electron chi connectivity index (χ2n) is 6.97. The van der Waals surface area contributed by atoms with Gasteiger partial charge in [0, 0.05) is 17.9 Å². The van der Waals surface area contributed by atoms with E-state index in [0.717, 1.165) is 23.5 Å². The fourth-order valence-corrected chi connectivity index (χ4v) is 3.02. The fraction of sp³-hybridized carbons (Fsp3) is 0.579. The van der Waals surface area contributed by atoms with E-state index in [2.05, 4.69) is 12.2 Å². The van der Waals surface area contributed by atoms with Crippen molar-refractivity contribution < 1.29 is 14.3 Å². The van der Waals surface area contributed by atoms with E-state index in [1.54, 1.807) is 44.7 Å². The van der Waals surface area contributed by atoms with Crippen molar-refractivity contribution in [1.82, 2.24) is 5.32 Å². The van der Waals surface area contributed by atoms with Crippen LogP contribution in [0, 0.1) is 0 Å². The third kappa shape index (κ3) is 9.39. The van der Waals surface area contributed by atoms with Gasteiger partial charge in [-0.2, -0.15) is 11.8 Å². The SMILES string of the molecule is CCCSCCC(=O)C(Cc1ccc(N)cc1)NC(=O)OC(C)(C)C. The number of hydrogen-bond donors (Lipinski definition) is 2. The number of nitrogens with one attached hydrogen (secondary N) is 1. The van der Waals surface area contributed by atoms with Crippen LogP contribution in [0.2, 0.25) is 0 Å². The summed E-state index contributed by atoms with van der Waals surface area (Å²) < 4.78 is 5.29. The van der Waals surface area contributed by atoms with E-state index < -0.39 is 17.7 Å². The summed E-state index contributed by atoms with van der Waals surface area (Å²) >= 11 is 1.75. The second-order valence-corrected chi connectivity index (χ2v) is 8.20. The van der Waals surface area contributed by atoms with Gasteiger partial charge in [0.1, 0.15) is 5.60 Å². The van der Waals surface area contributed by atoms with Crippen LogP contribution in [-0.4, -0.2) is 35.0 Å². The molecule has 1 rings (SSSR count). The molecule has 0 saturated heterocycles. The molecule has 1 unspecified atom stereocenters. The minimum Gasteiger partial charge on any atom is -0.444 e. The van der Waals surface area contributed by atoms with E-state index >= 15 is 0 Å². The zero-order valence-electron chi connectivity index (χ0n) is 15.6. The summed E-state index contributed by atoms with van der Waals surface area (Å²) in [6, 6.07) is 6.74. The van der Waals surface area contributed by atoms with Crippen LogP contribution in [0.3, 0.4) is 0 Å². The van der Waals surface area contributed by atoms with Crippen molar-refractivity contribution in [1.29, 1.82) is 0 Å².